The van der Waals surface area contributed by atoms with E-state index in [0.717, 1.165) is 68.6 Å². The number of aryl methyl sites for hydroxylation is 3. The summed E-state index contributed by atoms with van der Waals surface area (Å²) in [6.45, 7) is 7.50. The zero-order chi connectivity index (χ0) is 24.7. The standard InChI is InChI=1S/C28H27BrClN3OS/c1-16-4-6-20(7-5-16)26-25(19-8-10-22(30)11-9-19)32-27(35-26)21-12-14-33(15-13-21)28(34)23-17(2)31-18(3)24(23)29/h4-11,21,31H,12-15H2,1-3H3. The van der Waals surface area contributed by atoms with E-state index in [0.29, 0.717) is 5.92 Å². The van der Waals surface area contributed by atoms with E-state index in [4.69, 9.17) is 16.6 Å². The minimum Gasteiger partial charge on any atom is -0.361 e. The third-order valence-electron chi connectivity index (χ3n) is 6.72. The summed E-state index contributed by atoms with van der Waals surface area (Å²) in [5.74, 6) is 0.435. The number of nitrogens with zero attached hydrogens (tertiary/aromatic N) is 2. The van der Waals surface area contributed by atoms with Crippen molar-refractivity contribution in [1.82, 2.24) is 14.9 Å². The molecule has 35 heavy (non-hydrogen) atoms. The SMILES string of the molecule is Cc1ccc(-c2sc(C3CCN(C(=O)c4c(C)[nH]c(C)c4Br)CC3)nc2-c2ccc(Cl)cc2)cc1. The van der Waals surface area contributed by atoms with Crippen LogP contribution in [0.5, 0.6) is 0 Å². The quantitative estimate of drug-likeness (QED) is 0.270. The Morgan fingerprint density at radius 2 is 1.63 bits per heavy atom. The average molecular weight is 569 g/mol. The second-order valence-electron chi connectivity index (χ2n) is 9.23. The number of carbonyl (C=O) groups is 1. The molecule has 180 valence electrons. The largest absolute Gasteiger partial charge is 0.361 e. The van der Waals surface area contributed by atoms with Gasteiger partial charge in [-0.2, -0.15) is 0 Å². The third kappa shape index (κ3) is 4.84. The molecule has 0 aliphatic carbocycles. The molecule has 0 unspecified atom stereocenters. The van der Waals surface area contributed by atoms with Crippen LogP contribution in [0.1, 0.15) is 51.1 Å². The van der Waals surface area contributed by atoms with E-state index in [1.807, 2.05) is 43.0 Å². The number of hydrogen-bond donors (Lipinski definition) is 1. The van der Waals surface area contributed by atoms with Crippen LogP contribution in [-0.4, -0.2) is 33.9 Å². The molecule has 1 amide bonds. The lowest BCUT2D eigenvalue weighted by Crippen LogP contribution is -2.38. The number of likely N-dealkylation sites (tertiary alicyclic amines) is 1. The fourth-order valence-corrected chi connectivity index (χ4v) is 6.66. The maximum Gasteiger partial charge on any atom is 0.256 e. The summed E-state index contributed by atoms with van der Waals surface area (Å²) in [6, 6.07) is 16.6. The number of rotatable bonds is 4. The highest BCUT2D eigenvalue weighted by Crippen LogP contribution is 2.42. The summed E-state index contributed by atoms with van der Waals surface area (Å²) in [4.78, 5) is 24.8. The van der Waals surface area contributed by atoms with Gasteiger partial charge in [-0.3, -0.25) is 4.79 Å². The number of piperidine rings is 1. The van der Waals surface area contributed by atoms with Crippen LogP contribution in [0.4, 0.5) is 0 Å². The average Bonchev–Trinajstić information content (AvgIpc) is 3.40. The Hall–Kier alpha value is -2.41. The lowest BCUT2D eigenvalue weighted by atomic mass is 9.97. The Morgan fingerprint density at radius 3 is 2.23 bits per heavy atom. The lowest BCUT2D eigenvalue weighted by molar-refractivity contribution is 0.0711. The summed E-state index contributed by atoms with van der Waals surface area (Å²) in [5.41, 5.74) is 7.15. The number of carbonyl (C=O) groups excluding carboxylic acids is 1. The first-order valence-electron chi connectivity index (χ1n) is 11.8. The Kier molecular flexibility index (Phi) is 6.88. The van der Waals surface area contributed by atoms with Crippen molar-refractivity contribution in [2.24, 2.45) is 0 Å². The van der Waals surface area contributed by atoms with Crippen molar-refractivity contribution >= 4 is 44.8 Å². The van der Waals surface area contributed by atoms with Crippen LogP contribution in [0.2, 0.25) is 5.02 Å². The molecule has 0 atom stereocenters. The molecule has 2 aromatic carbocycles. The van der Waals surface area contributed by atoms with Crippen LogP contribution >= 0.6 is 38.9 Å². The molecule has 1 aliphatic heterocycles. The monoisotopic (exact) mass is 567 g/mol. The summed E-state index contributed by atoms with van der Waals surface area (Å²) in [6.07, 6.45) is 1.82. The van der Waals surface area contributed by atoms with Gasteiger partial charge in [0.25, 0.3) is 5.91 Å². The molecule has 0 radical (unpaired) electrons. The highest BCUT2D eigenvalue weighted by molar-refractivity contribution is 9.10. The predicted molar refractivity (Wildman–Crippen MR) is 149 cm³/mol. The van der Waals surface area contributed by atoms with Crippen LogP contribution in [0.15, 0.2) is 53.0 Å². The van der Waals surface area contributed by atoms with Gasteiger partial charge in [0.1, 0.15) is 0 Å². The maximum atomic E-state index is 13.2. The fraction of sp³-hybridized carbons (Fsp3) is 0.286. The number of aromatic nitrogens is 2. The molecule has 2 aromatic heterocycles. The minimum atomic E-state index is 0.0958. The van der Waals surface area contributed by atoms with Crippen molar-refractivity contribution in [3.63, 3.8) is 0 Å². The number of amides is 1. The highest BCUT2D eigenvalue weighted by Gasteiger charge is 2.30. The Labute approximate surface area is 223 Å². The van der Waals surface area contributed by atoms with Gasteiger partial charge in [-0.15, -0.1) is 11.3 Å². The lowest BCUT2D eigenvalue weighted by Gasteiger charge is -2.31. The van der Waals surface area contributed by atoms with Gasteiger partial charge in [-0.1, -0.05) is 53.6 Å². The normalized spacial score (nSPS) is 14.5. The molecule has 1 N–H and O–H groups in total. The Balaban J connectivity index is 1.40. The van der Waals surface area contributed by atoms with Crippen molar-refractivity contribution in [2.75, 3.05) is 13.1 Å². The van der Waals surface area contributed by atoms with Crippen LogP contribution < -0.4 is 0 Å². The van der Waals surface area contributed by atoms with Crippen LogP contribution in [0, 0.1) is 20.8 Å². The molecule has 4 aromatic rings. The number of H-pyrrole nitrogens is 1. The van der Waals surface area contributed by atoms with Crippen LogP contribution in [0.3, 0.4) is 0 Å². The van der Waals surface area contributed by atoms with Crippen molar-refractivity contribution in [1.29, 1.82) is 0 Å². The molecule has 0 saturated carbocycles. The van der Waals surface area contributed by atoms with Gasteiger partial charge in [0.15, 0.2) is 0 Å². The van der Waals surface area contributed by atoms with E-state index in [9.17, 15) is 4.79 Å². The highest BCUT2D eigenvalue weighted by atomic mass is 79.9. The van der Waals surface area contributed by atoms with Gasteiger partial charge in [0, 0.05) is 41.0 Å². The van der Waals surface area contributed by atoms with Crippen LogP contribution in [-0.2, 0) is 0 Å². The molecule has 1 saturated heterocycles. The number of thiazole rings is 1. The molecule has 7 heteroatoms. The second kappa shape index (κ2) is 9.92. The molecular formula is C28H27BrClN3OS. The molecule has 5 rings (SSSR count). The van der Waals surface area contributed by atoms with Gasteiger partial charge in [-0.05, 0) is 67.2 Å². The Morgan fingerprint density at radius 1 is 1.00 bits per heavy atom. The predicted octanol–water partition coefficient (Wildman–Crippen LogP) is 8.17. The number of nitrogens with one attached hydrogen (secondary N) is 1. The van der Waals surface area contributed by atoms with Gasteiger partial charge in [-0.25, -0.2) is 4.98 Å². The number of benzene rings is 2. The topological polar surface area (TPSA) is 49.0 Å². The molecule has 1 fully saturated rings. The van der Waals surface area contributed by atoms with Crippen molar-refractivity contribution in [3.8, 4) is 21.7 Å². The van der Waals surface area contributed by atoms with E-state index in [1.165, 1.54) is 16.0 Å². The Bertz CT molecular complexity index is 1300. The van der Waals surface area contributed by atoms with E-state index in [2.05, 4.69) is 52.1 Å². The van der Waals surface area contributed by atoms with Crippen molar-refractivity contribution in [2.45, 2.75) is 39.5 Å². The molecule has 1 aliphatic rings. The van der Waals surface area contributed by atoms with Crippen molar-refractivity contribution in [3.05, 3.63) is 85.5 Å². The summed E-state index contributed by atoms with van der Waals surface area (Å²) < 4.78 is 0.873. The third-order valence-corrected chi connectivity index (χ3v) is 9.23. The minimum absolute atomic E-state index is 0.0958. The smallest absolute Gasteiger partial charge is 0.256 e. The summed E-state index contributed by atoms with van der Waals surface area (Å²) in [7, 11) is 0. The van der Waals surface area contributed by atoms with Crippen molar-refractivity contribution < 1.29 is 4.79 Å². The van der Waals surface area contributed by atoms with E-state index in [1.54, 1.807) is 11.3 Å². The van der Waals surface area contributed by atoms with Crippen LogP contribution in [0.25, 0.3) is 21.7 Å². The molecule has 4 nitrogen and oxygen atoms in total. The molecule has 3 heterocycles. The summed E-state index contributed by atoms with van der Waals surface area (Å²) in [5, 5.41) is 1.87. The molecule has 0 spiro atoms. The second-order valence-corrected chi connectivity index (χ2v) is 11.5. The molecule has 0 bridgehead atoms. The first-order chi connectivity index (χ1) is 16.8. The van der Waals surface area contributed by atoms with Gasteiger partial charge in [0.2, 0.25) is 0 Å². The number of halogens is 2. The zero-order valence-corrected chi connectivity index (χ0v) is 23.1. The maximum absolute atomic E-state index is 13.2. The fourth-order valence-electron chi connectivity index (χ4n) is 4.71. The first kappa shape index (κ1) is 24.3. The molecular weight excluding hydrogens is 542 g/mol. The summed E-state index contributed by atoms with van der Waals surface area (Å²) >= 11 is 11.5. The first-order valence-corrected chi connectivity index (χ1v) is 13.8. The number of aromatic amines is 1. The van der Waals surface area contributed by atoms with E-state index in [-0.39, 0.29) is 5.91 Å². The van der Waals surface area contributed by atoms with Gasteiger partial charge in [0.05, 0.1) is 25.6 Å². The number of hydrogen-bond acceptors (Lipinski definition) is 3. The zero-order valence-electron chi connectivity index (χ0n) is 20.0. The van der Waals surface area contributed by atoms with Gasteiger partial charge < -0.3 is 9.88 Å². The van der Waals surface area contributed by atoms with E-state index >= 15 is 0 Å². The van der Waals surface area contributed by atoms with E-state index < -0.39 is 0 Å². The van der Waals surface area contributed by atoms with Gasteiger partial charge >= 0.3 is 0 Å².